The van der Waals surface area contributed by atoms with E-state index in [1.807, 2.05) is 0 Å². The van der Waals surface area contributed by atoms with Crippen LogP contribution in [0.4, 0.5) is 0 Å². The summed E-state index contributed by atoms with van der Waals surface area (Å²) in [5, 5.41) is 9.21. The van der Waals surface area contributed by atoms with E-state index < -0.39 is 23.4 Å². The van der Waals surface area contributed by atoms with Gasteiger partial charge in [0.05, 0.1) is 6.21 Å². The molecule has 0 aromatic rings. The first-order valence-electron chi connectivity index (χ1n) is 5.69. The second kappa shape index (κ2) is 6.88. The fraction of sp³-hybridized carbons (Fsp3) is 0.667. The lowest BCUT2D eigenvalue weighted by Crippen LogP contribution is -2.43. The lowest BCUT2D eigenvalue weighted by atomic mass is 10.1. The van der Waals surface area contributed by atoms with Crippen molar-refractivity contribution in [2.75, 3.05) is 0 Å². The van der Waals surface area contributed by atoms with Crippen LogP contribution in [0.3, 0.4) is 0 Å². The molecule has 0 rings (SSSR count). The van der Waals surface area contributed by atoms with E-state index in [2.05, 4.69) is 5.32 Å². The minimum Gasteiger partial charge on any atom is -0.458 e. The molecule has 0 unspecified atom stereocenters. The third kappa shape index (κ3) is 7.54. The molecule has 18 heavy (non-hydrogen) atoms. The summed E-state index contributed by atoms with van der Waals surface area (Å²) in [6.45, 7) is 6.45. The van der Waals surface area contributed by atoms with Gasteiger partial charge in [-0.25, -0.2) is 4.79 Å². The average molecular weight is 256 g/mol. The molecule has 6 nitrogen and oxygen atoms in total. The summed E-state index contributed by atoms with van der Waals surface area (Å²) >= 11 is 0. The molecule has 102 valence electrons. The zero-order valence-corrected chi connectivity index (χ0v) is 11.2. The first kappa shape index (κ1) is 16.3. The molecule has 0 bridgehead atoms. The van der Waals surface area contributed by atoms with Gasteiger partial charge in [-0.15, -0.1) is 0 Å². The molecule has 0 saturated heterocycles. The van der Waals surface area contributed by atoms with Crippen LogP contribution in [0.2, 0.25) is 0 Å². The maximum Gasteiger partial charge on any atom is 0.329 e. The van der Waals surface area contributed by atoms with Gasteiger partial charge in [0.1, 0.15) is 11.6 Å². The number of carbonyl (C=O) groups excluding carboxylic acids is 3. The Morgan fingerprint density at radius 2 is 1.89 bits per heavy atom. The van der Waals surface area contributed by atoms with Crippen LogP contribution in [0.25, 0.3) is 0 Å². The fourth-order valence-corrected chi connectivity index (χ4v) is 1.23. The molecule has 0 fully saturated rings. The lowest BCUT2D eigenvalue weighted by molar-refractivity contribution is -0.158. The quantitative estimate of drug-likeness (QED) is 0.543. The number of nitrogens with one attached hydrogen (secondary N) is 2. The van der Waals surface area contributed by atoms with Crippen molar-refractivity contribution < 1.29 is 19.1 Å². The van der Waals surface area contributed by atoms with Crippen LogP contribution in [0.5, 0.6) is 0 Å². The van der Waals surface area contributed by atoms with Gasteiger partial charge in [-0.2, -0.15) is 0 Å². The number of hydrogen-bond donors (Lipinski definition) is 2. The Hall–Kier alpha value is -1.72. The van der Waals surface area contributed by atoms with E-state index in [9.17, 15) is 14.4 Å². The second-order valence-electron chi connectivity index (χ2n) is 4.94. The standard InChI is InChI=1S/C12H20N2O4/c1-8(15)14-10(6-5-9(16)7-13)11(17)18-12(2,3)4/h7,10,13H,5-6H2,1-4H3,(H,14,15)/t10-/m0/s1. The van der Waals surface area contributed by atoms with Crippen molar-refractivity contribution >= 4 is 23.9 Å². The SMILES string of the molecule is CC(=O)N[C@@H](CCC(=O)C=N)C(=O)OC(C)(C)C. The molecular formula is C12H20N2O4. The maximum absolute atomic E-state index is 11.8. The number of ketones is 1. The molecular weight excluding hydrogens is 236 g/mol. The molecule has 0 aromatic heterocycles. The highest BCUT2D eigenvalue weighted by Crippen LogP contribution is 2.10. The van der Waals surface area contributed by atoms with Crippen LogP contribution in [0.1, 0.15) is 40.5 Å². The van der Waals surface area contributed by atoms with Crippen molar-refractivity contribution in [1.82, 2.24) is 5.32 Å². The monoisotopic (exact) mass is 256 g/mol. The Labute approximate surface area is 107 Å². The van der Waals surface area contributed by atoms with Crippen molar-refractivity contribution in [3.8, 4) is 0 Å². The third-order valence-corrected chi connectivity index (χ3v) is 1.91. The number of hydrogen-bond acceptors (Lipinski definition) is 5. The summed E-state index contributed by atoms with van der Waals surface area (Å²) < 4.78 is 5.14. The van der Waals surface area contributed by atoms with E-state index in [-0.39, 0.29) is 18.7 Å². The Morgan fingerprint density at radius 3 is 2.28 bits per heavy atom. The molecule has 0 aliphatic rings. The van der Waals surface area contributed by atoms with Crippen LogP contribution >= 0.6 is 0 Å². The normalized spacial score (nSPS) is 12.4. The van der Waals surface area contributed by atoms with Gasteiger partial charge >= 0.3 is 5.97 Å². The first-order valence-corrected chi connectivity index (χ1v) is 5.69. The van der Waals surface area contributed by atoms with Gasteiger partial charge in [0.15, 0.2) is 5.78 Å². The van der Waals surface area contributed by atoms with E-state index in [1.54, 1.807) is 20.8 Å². The predicted octanol–water partition coefficient (Wildman–Crippen LogP) is 0.832. The molecule has 6 heteroatoms. The number of rotatable bonds is 6. The molecule has 0 heterocycles. The van der Waals surface area contributed by atoms with E-state index >= 15 is 0 Å². The minimum absolute atomic E-state index is 0.0215. The van der Waals surface area contributed by atoms with Gasteiger partial charge in [0, 0.05) is 13.3 Å². The second-order valence-corrected chi connectivity index (χ2v) is 4.94. The number of esters is 1. The van der Waals surface area contributed by atoms with Crippen molar-refractivity contribution in [2.45, 2.75) is 52.2 Å². The maximum atomic E-state index is 11.8. The molecule has 0 radical (unpaired) electrons. The summed E-state index contributed by atoms with van der Waals surface area (Å²) in [5.74, 6) is -1.34. The van der Waals surface area contributed by atoms with Crippen LogP contribution in [-0.4, -0.2) is 35.5 Å². The Kier molecular flexibility index (Phi) is 6.22. The molecule has 0 aliphatic carbocycles. The predicted molar refractivity (Wildman–Crippen MR) is 66.5 cm³/mol. The van der Waals surface area contributed by atoms with Crippen LogP contribution in [-0.2, 0) is 19.1 Å². The largest absolute Gasteiger partial charge is 0.458 e. The third-order valence-electron chi connectivity index (χ3n) is 1.91. The molecule has 0 aromatic carbocycles. The van der Waals surface area contributed by atoms with E-state index in [1.165, 1.54) is 6.92 Å². The topological polar surface area (TPSA) is 96.3 Å². The summed E-state index contributed by atoms with van der Waals surface area (Å²) in [6.07, 6.45) is 0.844. The molecule has 2 N–H and O–H groups in total. The zero-order valence-electron chi connectivity index (χ0n) is 11.2. The molecule has 0 saturated carbocycles. The fourth-order valence-electron chi connectivity index (χ4n) is 1.23. The summed E-state index contributed by atoms with van der Waals surface area (Å²) in [4.78, 5) is 33.8. The van der Waals surface area contributed by atoms with Crippen LogP contribution in [0, 0.1) is 5.41 Å². The molecule has 1 atom stereocenters. The summed E-state index contributed by atoms with van der Waals surface area (Å²) in [7, 11) is 0. The molecule has 0 spiro atoms. The zero-order chi connectivity index (χ0) is 14.3. The Bertz CT molecular complexity index is 344. The average Bonchev–Trinajstić information content (AvgIpc) is 2.20. The highest BCUT2D eigenvalue weighted by atomic mass is 16.6. The van der Waals surface area contributed by atoms with Gasteiger partial charge in [-0.05, 0) is 27.2 Å². The van der Waals surface area contributed by atoms with Crippen molar-refractivity contribution in [2.24, 2.45) is 0 Å². The highest BCUT2D eigenvalue weighted by Gasteiger charge is 2.26. The smallest absolute Gasteiger partial charge is 0.329 e. The van der Waals surface area contributed by atoms with Gasteiger partial charge in [0.25, 0.3) is 0 Å². The van der Waals surface area contributed by atoms with Gasteiger partial charge < -0.3 is 15.5 Å². The number of Topliss-reactive ketones (excluding diaryl/α,β-unsaturated/α-hetero) is 1. The highest BCUT2D eigenvalue weighted by molar-refractivity contribution is 6.26. The van der Waals surface area contributed by atoms with E-state index in [0.29, 0.717) is 6.21 Å². The van der Waals surface area contributed by atoms with Crippen LogP contribution < -0.4 is 5.32 Å². The van der Waals surface area contributed by atoms with Gasteiger partial charge in [-0.1, -0.05) is 0 Å². The number of amides is 1. The van der Waals surface area contributed by atoms with E-state index in [0.717, 1.165) is 0 Å². The number of ether oxygens (including phenoxy) is 1. The minimum atomic E-state index is -0.856. The molecule has 1 amide bonds. The summed E-state index contributed by atoms with van der Waals surface area (Å²) in [6, 6.07) is -0.856. The Morgan fingerprint density at radius 1 is 1.33 bits per heavy atom. The number of carbonyl (C=O) groups is 3. The van der Waals surface area contributed by atoms with Gasteiger partial charge in [0.2, 0.25) is 5.91 Å². The van der Waals surface area contributed by atoms with Crippen molar-refractivity contribution in [1.29, 1.82) is 5.41 Å². The first-order chi connectivity index (χ1) is 8.15. The van der Waals surface area contributed by atoms with Gasteiger partial charge in [-0.3, -0.25) is 9.59 Å². The Balaban J connectivity index is 4.56. The molecule has 0 aliphatic heterocycles. The lowest BCUT2D eigenvalue weighted by Gasteiger charge is -2.24. The van der Waals surface area contributed by atoms with Crippen molar-refractivity contribution in [3.05, 3.63) is 0 Å². The van der Waals surface area contributed by atoms with E-state index in [4.69, 9.17) is 10.1 Å². The summed E-state index contributed by atoms with van der Waals surface area (Å²) in [5.41, 5.74) is -0.653. The van der Waals surface area contributed by atoms with Crippen LogP contribution in [0.15, 0.2) is 0 Å². The van der Waals surface area contributed by atoms with Crippen molar-refractivity contribution in [3.63, 3.8) is 0 Å².